The van der Waals surface area contributed by atoms with Crippen LogP contribution >= 0.6 is 0 Å². The van der Waals surface area contributed by atoms with Crippen LogP contribution in [0.15, 0.2) is 164 Å². The maximum Gasteiger partial charge on any atom is 0.410 e. The number of allylic oxidation sites excluding steroid dienone is 1. The highest BCUT2D eigenvalue weighted by Crippen LogP contribution is 2.23. The fourth-order valence-electron chi connectivity index (χ4n) is 12.6. The SMILES string of the molecule is C.C.C.C.C.C.C=CC(C)=O.CC(=O)CCN(CCNC(=O)OC(C)(C)C)C(=O)OCc1ccccc1.CC(C)(C)OC(=O)NCCN.CC1CCN(C(=O)OCc2ccccc2)CCN1.CC1CCN(C(=O)OCc2ccccc2)CCN1C(=O)OC(C)(C)C.CCOCC.C[C@@H]1CCN(C(=O)OCc2ccccc2)CCN1C(=O)OC(C)(C)C.C[C@H]1CCN(C(=O)OCc2ccccc2)CCN1C(=O)OC(C)(C)C. The second kappa shape index (κ2) is 76.3. The molecule has 9 rings (SSSR count). The Morgan fingerprint density at radius 1 is 0.370 bits per heavy atom. The summed E-state index contributed by atoms with van der Waals surface area (Å²) in [5, 5.41) is 8.45. The number of rotatable bonds is 21. The molecule has 0 saturated carbocycles. The summed E-state index contributed by atoms with van der Waals surface area (Å²) in [4.78, 5) is 155. The molecule has 4 saturated heterocycles. The number of benzene rings is 5. The van der Waals surface area contributed by atoms with Crippen LogP contribution in [0.2, 0.25) is 0 Å². The Bertz CT molecular complexity index is 4160. The van der Waals surface area contributed by atoms with Gasteiger partial charge in [0.15, 0.2) is 5.78 Å². The minimum Gasteiger partial charge on any atom is -0.445 e. The molecule has 0 aromatic heterocycles. The fourth-order valence-corrected chi connectivity index (χ4v) is 12.6. The Balaban J connectivity index is -0.000000536. The maximum atomic E-state index is 12.3. The summed E-state index contributed by atoms with van der Waals surface area (Å²) in [7, 11) is 0. The van der Waals surface area contributed by atoms with Gasteiger partial charge in [0.25, 0.3) is 0 Å². The van der Waals surface area contributed by atoms with Crippen molar-refractivity contribution in [1.29, 1.82) is 0 Å². The second-order valence-electron chi connectivity index (χ2n) is 38.4. The van der Waals surface area contributed by atoms with Crippen LogP contribution in [-0.4, -0.2) is 288 Å². The van der Waals surface area contributed by atoms with E-state index in [2.05, 4.69) is 29.5 Å². The zero-order chi connectivity index (χ0) is 105. The van der Waals surface area contributed by atoms with Gasteiger partial charge in [-0.05, 0) is 219 Å². The predicted octanol–water partition coefficient (Wildman–Crippen LogP) is 22.2. The van der Waals surface area contributed by atoms with Gasteiger partial charge in [-0.25, -0.2) is 47.9 Å². The van der Waals surface area contributed by atoms with E-state index in [0.717, 1.165) is 67.1 Å². The van der Waals surface area contributed by atoms with Crippen LogP contribution in [0.3, 0.4) is 0 Å². The zero-order valence-electron chi connectivity index (χ0n) is 87.6. The topological polar surface area (TPSA) is 394 Å². The van der Waals surface area contributed by atoms with E-state index in [-0.39, 0.29) is 169 Å². The van der Waals surface area contributed by atoms with E-state index in [1.165, 1.54) is 24.8 Å². The molecular formula is C111H188N12O23. The molecule has 5 aromatic carbocycles. The monoisotopic (exact) mass is 2060 g/mol. The van der Waals surface area contributed by atoms with Crippen molar-refractivity contribution in [3.63, 3.8) is 0 Å². The summed E-state index contributed by atoms with van der Waals surface area (Å²) in [5.74, 6) is -0.00374. The third-order valence-electron chi connectivity index (χ3n) is 20.1. The number of ketones is 2. The number of nitrogens with two attached hydrogens (primary N) is 1. The fraction of sp³-hybridized carbons (Fsp3) is 0.604. The van der Waals surface area contributed by atoms with Gasteiger partial charge in [0.1, 0.15) is 66.8 Å². The van der Waals surface area contributed by atoms with Gasteiger partial charge in [-0.15, -0.1) is 0 Å². The Labute approximate surface area is 876 Å². The van der Waals surface area contributed by atoms with Crippen molar-refractivity contribution in [1.82, 2.24) is 55.1 Å². The summed E-state index contributed by atoms with van der Waals surface area (Å²) < 4.78 is 58.1. The van der Waals surface area contributed by atoms with Gasteiger partial charge < -0.3 is 113 Å². The van der Waals surface area contributed by atoms with Crippen molar-refractivity contribution in [2.24, 2.45) is 5.73 Å². The van der Waals surface area contributed by atoms with Gasteiger partial charge in [0, 0.05) is 155 Å². The van der Waals surface area contributed by atoms with E-state index in [9.17, 15) is 57.5 Å². The van der Waals surface area contributed by atoms with E-state index in [1.54, 1.807) is 55.1 Å². The lowest BCUT2D eigenvalue weighted by atomic mass is 10.2. The lowest BCUT2D eigenvalue weighted by Gasteiger charge is -2.30. The molecule has 830 valence electrons. The van der Waals surface area contributed by atoms with E-state index in [0.29, 0.717) is 104 Å². The number of amides is 10. The lowest BCUT2D eigenvalue weighted by Crippen LogP contribution is -2.43. The van der Waals surface area contributed by atoms with Crippen molar-refractivity contribution in [3.8, 4) is 0 Å². The quantitative estimate of drug-likeness (QED) is 0.0391. The number of hydrogen-bond acceptors (Lipinski definition) is 25. The zero-order valence-corrected chi connectivity index (χ0v) is 87.6. The van der Waals surface area contributed by atoms with Crippen LogP contribution in [0, 0.1) is 0 Å². The molecule has 4 heterocycles. The van der Waals surface area contributed by atoms with E-state index in [4.69, 9.17) is 57.8 Å². The first-order valence-electron chi connectivity index (χ1n) is 48.2. The van der Waals surface area contributed by atoms with Crippen molar-refractivity contribution in [3.05, 3.63) is 192 Å². The van der Waals surface area contributed by atoms with Gasteiger partial charge in [-0.2, -0.15) is 0 Å². The first-order valence-corrected chi connectivity index (χ1v) is 48.2. The molecule has 35 nitrogen and oxygen atoms in total. The number of Topliss-reactive ketones (excluding diaryl/α,β-unsaturated/α-hetero) is 1. The summed E-state index contributed by atoms with van der Waals surface area (Å²) in [5.41, 5.74) is 7.31. The summed E-state index contributed by atoms with van der Waals surface area (Å²) in [6.07, 6.45) is 0.817. The van der Waals surface area contributed by atoms with Crippen molar-refractivity contribution in [2.75, 3.05) is 124 Å². The molecule has 5 aromatic rings. The van der Waals surface area contributed by atoms with Gasteiger partial charge in [0.2, 0.25) is 0 Å². The highest BCUT2D eigenvalue weighted by atomic mass is 16.6. The third kappa shape index (κ3) is 68.2. The summed E-state index contributed by atoms with van der Waals surface area (Å²) in [6, 6.07) is 48.4. The minimum absolute atomic E-state index is 0. The molecule has 4 atom stereocenters. The highest BCUT2D eigenvalue weighted by Gasteiger charge is 2.35. The molecule has 146 heavy (non-hydrogen) atoms. The first kappa shape index (κ1) is 142. The van der Waals surface area contributed by atoms with Crippen LogP contribution in [0.5, 0.6) is 0 Å². The van der Waals surface area contributed by atoms with Crippen LogP contribution < -0.4 is 21.7 Å². The van der Waals surface area contributed by atoms with Crippen LogP contribution in [0.1, 0.15) is 264 Å². The maximum absolute atomic E-state index is 12.3. The molecule has 35 heteroatoms. The van der Waals surface area contributed by atoms with Gasteiger partial charge >= 0.3 is 60.9 Å². The Hall–Kier alpha value is -12.2. The molecule has 0 radical (unpaired) electrons. The van der Waals surface area contributed by atoms with Crippen molar-refractivity contribution >= 4 is 72.5 Å². The third-order valence-corrected chi connectivity index (χ3v) is 20.1. The molecule has 0 spiro atoms. The molecule has 4 aliphatic rings. The number of alkyl carbamates (subject to hydrolysis) is 2. The van der Waals surface area contributed by atoms with E-state index < -0.39 is 46.3 Å². The number of nitrogens with zero attached hydrogens (tertiary/aromatic N) is 8. The lowest BCUT2D eigenvalue weighted by molar-refractivity contribution is -0.117. The molecule has 0 bridgehead atoms. The molecule has 4 fully saturated rings. The molecule has 4 aliphatic heterocycles. The standard InChI is InChI=1S/C19H28N2O5.3C19H28N2O4.C14H20N2O2.C7H16N2O2.C4H10O.C4H6O.6CH4/c1-15(22)10-12-21(13-11-20-17(23)26-19(2,3)4)18(24)25-14-16-8-6-5-7-9-16;3*1-15-10-11-20(12-13-21(15)18(23)25-19(2,3)4)17(22)24-14-16-8-6-5-7-9-16;1-12-7-9-16(10-8-15-12)14(17)18-11-13-5-3-2-4-6-13;1-7(2,3)11-6(10)9-5-4-8;1-3-5-4-2;1-3-4(2)5;;;;;;/h5-9H,10-14H2,1-4H3,(H,20,23);3*5-9,15H,10-14H2,1-4H3;2-6,12,15H,7-11H2,1H3;4-5,8H2,1-3H3,(H,9,10);3-4H2,1-2H3;3H,1H2,2H3;6*1H4/t;2*15-;;;;;;;;;;;/m.10.........../s1. The number of carbonyl (C=O) groups is 12. The second-order valence-corrected chi connectivity index (χ2v) is 38.4. The van der Waals surface area contributed by atoms with Gasteiger partial charge in [-0.1, -0.05) is 203 Å². The normalized spacial score (nSPS) is 15.2. The Morgan fingerprint density at radius 2 is 0.630 bits per heavy atom. The largest absolute Gasteiger partial charge is 0.445 e. The predicted molar refractivity (Wildman–Crippen MR) is 580 cm³/mol. The van der Waals surface area contributed by atoms with E-state index >= 15 is 0 Å². The van der Waals surface area contributed by atoms with Crippen LogP contribution in [-0.2, 0) is 94.7 Å². The molecular weight excluding hydrogens is 1870 g/mol. The molecule has 0 aliphatic carbocycles. The number of ether oxygens (including phenoxy) is 11. The smallest absolute Gasteiger partial charge is 0.410 e. The van der Waals surface area contributed by atoms with Crippen molar-refractivity contribution < 1.29 is 110 Å². The Morgan fingerprint density at radius 3 is 0.877 bits per heavy atom. The first-order chi connectivity index (χ1) is 65.8. The number of carbonyl (C=O) groups excluding carboxylic acids is 12. The van der Waals surface area contributed by atoms with Crippen LogP contribution in [0.4, 0.5) is 47.9 Å². The average molecular weight is 2060 g/mol. The summed E-state index contributed by atoms with van der Waals surface area (Å²) in [6.45, 7) is 56.7. The molecule has 5 N–H and O–H groups in total. The Kier molecular flexibility index (Phi) is 74.3. The molecule has 10 amide bonds. The van der Waals surface area contributed by atoms with Crippen molar-refractivity contribution in [2.45, 2.75) is 321 Å². The van der Waals surface area contributed by atoms with Gasteiger partial charge in [-0.3, -0.25) is 9.59 Å². The van der Waals surface area contributed by atoms with E-state index in [1.807, 2.05) is 269 Å². The number of hydrogen-bond donors (Lipinski definition) is 4. The highest BCUT2D eigenvalue weighted by molar-refractivity contribution is 5.86. The molecule has 2 unspecified atom stereocenters. The minimum atomic E-state index is -0.590. The summed E-state index contributed by atoms with van der Waals surface area (Å²) >= 11 is 0. The van der Waals surface area contributed by atoms with Crippen LogP contribution in [0.25, 0.3) is 0 Å². The number of nitrogens with one attached hydrogen (secondary N) is 3. The average Bonchev–Trinajstić information content (AvgIpc) is 1.72. The van der Waals surface area contributed by atoms with Gasteiger partial charge in [0.05, 0.1) is 0 Å².